The summed E-state index contributed by atoms with van der Waals surface area (Å²) in [6.07, 6.45) is 3.28. The van der Waals surface area contributed by atoms with Crippen LogP contribution < -0.4 is 10.6 Å². The van der Waals surface area contributed by atoms with Crippen molar-refractivity contribution in [2.45, 2.75) is 0 Å². The van der Waals surface area contributed by atoms with Gasteiger partial charge in [-0.2, -0.15) is 0 Å². The van der Waals surface area contributed by atoms with Crippen molar-refractivity contribution in [3.63, 3.8) is 0 Å². The van der Waals surface area contributed by atoms with Crippen molar-refractivity contribution in [1.29, 1.82) is 0 Å². The first-order chi connectivity index (χ1) is 10.8. The molecule has 0 aliphatic rings. The van der Waals surface area contributed by atoms with Crippen LogP contribution in [-0.2, 0) is 4.57 Å². The van der Waals surface area contributed by atoms with Gasteiger partial charge in [-0.1, -0.05) is 42.5 Å². The normalized spacial score (nSPS) is 11.6. The number of aromatic nitrogens is 1. The van der Waals surface area contributed by atoms with Gasteiger partial charge in [0.05, 0.1) is 11.9 Å². The fourth-order valence-corrected chi connectivity index (χ4v) is 4.13. The molecule has 0 unspecified atom stereocenters. The van der Waals surface area contributed by atoms with E-state index in [4.69, 9.17) is 0 Å². The summed E-state index contributed by atoms with van der Waals surface area (Å²) in [5.74, 6) is 0. The van der Waals surface area contributed by atoms with Gasteiger partial charge < -0.3 is 0 Å². The molecule has 108 valence electrons. The third-order valence-corrected chi connectivity index (χ3v) is 5.69. The molecule has 0 atom stereocenters. The molecule has 0 amide bonds. The molecule has 1 heterocycles. The minimum absolute atomic E-state index is 0.689. The summed E-state index contributed by atoms with van der Waals surface area (Å²) in [6.45, 7) is 0. The van der Waals surface area contributed by atoms with Crippen molar-refractivity contribution in [1.82, 2.24) is 4.98 Å². The number of rotatable bonds is 4. The molecule has 22 heavy (non-hydrogen) atoms. The van der Waals surface area contributed by atoms with Gasteiger partial charge in [0.25, 0.3) is 0 Å². The molecule has 0 saturated carbocycles. The van der Waals surface area contributed by atoms with Crippen molar-refractivity contribution >= 4 is 24.1 Å². The molecule has 0 saturated heterocycles. The van der Waals surface area contributed by atoms with Crippen molar-refractivity contribution in [3.8, 4) is 0 Å². The minimum Gasteiger partial charge on any atom is -0.288 e. The smallest absolute Gasteiger partial charge is 0.247 e. The Hall–Kier alpha value is -2.51. The van der Waals surface area contributed by atoms with Gasteiger partial charge in [0, 0.05) is 16.8 Å². The van der Waals surface area contributed by atoms with Crippen molar-refractivity contribution in [3.05, 3.63) is 90.8 Å². The van der Waals surface area contributed by atoms with E-state index in [2.05, 4.69) is 9.75 Å². The van der Waals surface area contributed by atoms with E-state index in [0.29, 0.717) is 16.3 Å². The summed E-state index contributed by atoms with van der Waals surface area (Å²) < 4.78 is 18.0. The molecule has 4 heteroatoms. The Kier molecular flexibility index (Phi) is 4.27. The van der Waals surface area contributed by atoms with Gasteiger partial charge >= 0.3 is 0 Å². The van der Waals surface area contributed by atoms with Gasteiger partial charge in [-0.25, -0.2) is 4.76 Å². The Balaban J connectivity index is 2.09. The summed E-state index contributed by atoms with van der Waals surface area (Å²) in [5.41, 5.74) is 0.689. The molecule has 3 aromatic rings. The topological polar surface area (TPSA) is 42.3 Å². The molecule has 3 nitrogen and oxygen atoms in total. The molecule has 0 aliphatic carbocycles. The minimum atomic E-state index is -3.06. The predicted molar refractivity (Wildman–Crippen MR) is 91.6 cm³/mol. The maximum Gasteiger partial charge on any atom is 0.247 e. The van der Waals surface area contributed by atoms with E-state index >= 15 is 0 Å². The highest BCUT2D eigenvalue weighted by molar-refractivity contribution is 7.77. The fourth-order valence-electron chi connectivity index (χ4n) is 2.14. The average Bonchev–Trinajstić information content (AvgIpc) is 2.62. The van der Waals surface area contributed by atoms with Crippen LogP contribution in [0.25, 0.3) is 0 Å². The lowest BCUT2D eigenvalue weighted by Crippen LogP contribution is -2.14. The lowest BCUT2D eigenvalue weighted by molar-refractivity contribution is 0.588. The summed E-state index contributed by atoms with van der Waals surface area (Å²) in [7, 11) is -3.06. The highest BCUT2D eigenvalue weighted by Crippen LogP contribution is 2.44. The van der Waals surface area contributed by atoms with Gasteiger partial charge in [-0.05, 0) is 36.4 Å². The number of benzene rings is 2. The van der Waals surface area contributed by atoms with Gasteiger partial charge in [-0.3, -0.25) is 9.55 Å². The maximum atomic E-state index is 13.6. The molecule has 0 spiro atoms. The van der Waals surface area contributed by atoms with E-state index in [9.17, 15) is 4.57 Å². The zero-order valence-corrected chi connectivity index (χ0v) is 12.8. The largest absolute Gasteiger partial charge is 0.288 e. The van der Waals surface area contributed by atoms with Crippen LogP contribution in [0.5, 0.6) is 0 Å². The van der Waals surface area contributed by atoms with Gasteiger partial charge in [0.1, 0.15) is 0 Å². The van der Waals surface area contributed by atoms with E-state index in [-0.39, 0.29) is 0 Å². The molecule has 2 aromatic carbocycles. The maximum absolute atomic E-state index is 13.6. The lowest BCUT2D eigenvalue weighted by atomic mass is 10.4. The standard InChI is InChI=1S/C18H15N2OP/c21-22(17-10-3-1-4-11-17,18-12-5-2-6-13-18)20-15-16-9-7-8-14-19-16/h1-15H/b20-15+. The summed E-state index contributed by atoms with van der Waals surface area (Å²) >= 11 is 0. The van der Waals surface area contributed by atoms with Gasteiger partial charge in [0.2, 0.25) is 7.29 Å². The van der Waals surface area contributed by atoms with Crippen LogP contribution in [0.4, 0.5) is 0 Å². The summed E-state index contributed by atoms with van der Waals surface area (Å²) in [4.78, 5) is 4.20. The third-order valence-electron chi connectivity index (χ3n) is 3.25. The molecule has 0 fully saturated rings. The van der Waals surface area contributed by atoms with Crippen LogP contribution in [0, 0.1) is 0 Å². The van der Waals surface area contributed by atoms with Gasteiger partial charge in [-0.15, -0.1) is 0 Å². The van der Waals surface area contributed by atoms with Crippen LogP contribution in [0.15, 0.2) is 89.8 Å². The van der Waals surface area contributed by atoms with E-state index in [0.717, 1.165) is 0 Å². The number of hydrogen-bond acceptors (Lipinski definition) is 2. The second-order valence-corrected chi connectivity index (χ2v) is 7.16. The number of hydrogen-bond donors (Lipinski definition) is 0. The first-order valence-corrected chi connectivity index (χ1v) is 8.63. The van der Waals surface area contributed by atoms with Gasteiger partial charge in [0.15, 0.2) is 0 Å². The molecular formula is C18H15N2OP. The molecular weight excluding hydrogens is 291 g/mol. The van der Waals surface area contributed by atoms with Crippen LogP contribution >= 0.6 is 7.29 Å². The average molecular weight is 306 g/mol. The summed E-state index contributed by atoms with van der Waals surface area (Å²) in [5, 5.41) is 1.43. The van der Waals surface area contributed by atoms with Crippen LogP contribution in [-0.4, -0.2) is 11.2 Å². The first kappa shape index (κ1) is 14.4. The van der Waals surface area contributed by atoms with Crippen molar-refractivity contribution in [2.24, 2.45) is 4.76 Å². The van der Waals surface area contributed by atoms with E-state index in [1.807, 2.05) is 78.9 Å². The van der Waals surface area contributed by atoms with Crippen molar-refractivity contribution < 1.29 is 4.57 Å². The SMILES string of the molecule is O=P(/N=C/c1ccccn1)(c1ccccc1)c1ccccc1. The molecule has 3 rings (SSSR count). The highest BCUT2D eigenvalue weighted by atomic mass is 31.2. The Morgan fingerprint density at radius 3 is 1.82 bits per heavy atom. The molecule has 0 aliphatic heterocycles. The first-order valence-electron chi connectivity index (χ1n) is 6.97. The predicted octanol–water partition coefficient (Wildman–Crippen LogP) is 3.43. The zero-order chi connectivity index (χ0) is 15.3. The Morgan fingerprint density at radius 2 is 1.32 bits per heavy atom. The second kappa shape index (κ2) is 6.50. The molecule has 0 bridgehead atoms. The Bertz CT molecular complexity index is 759. The monoisotopic (exact) mass is 306 g/mol. The van der Waals surface area contributed by atoms with Crippen molar-refractivity contribution in [2.75, 3.05) is 0 Å². The number of pyridine rings is 1. The van der Waals surface area contributed by atoms with Crippen LogP contribution in [0.2, 0.25) is 0 Å². The van der Waals surface area contributed by atoms with Crippen LogP contribution in [0.1, 0.15) is 5.69 Å². The van der Waals surface area contributed by atoms with Crippen LogP contribution in [0.3, 0.4) is 0 Å². The lowest BCUT2D eigenvalue weighted by Gasteiger charge is -2.14. The van der Waals surface area contributed by atoms with E-state index < -0.39 is 7.29 Å². The summed E-state index contributed by atoms with van der Waals surface area (Å²) in [6, 6.07) is 24.3. The number of nitrogens with zero attached hydrogens (tertiary/aromatic N) is 2. The zero-order valence-electron chi connectivity index (χ0n) is 11.9. The fraction of sp³-hybridized carbons (Fsp3) is 0. The molecule has 1 aromatic heterocycles. The quantitative estimate of drug-likeness (QED) is 0.547. The third kappa shape index (κ3) is 3.05. The molecule has 0 radical (unpaired) electrons. The van der Waals surface area contributed by atoms with E-state index in [1.54, 1.807) is 12.4 Å². The Morgan fingerprint density at radius 1 is 0.773 bits per heavy atom. The highest BCUT2D eigenvalue weighted by Gasteiger charge is 2.25. The molecule has 0 N–H and O–H groups in total. The Labute approximate surface area is 129 Å². The second-order valence-electron chi connectivity index (χ2n) is 4.75. The van der Waals surface area contributed by atoms with E-state index in [1.165, 1.54) is 0 Å².